The molecule has 186 valence electrons. The van der Waals surface area contributed by atoms with Crippen molar-refractivity contribution < 1.29 is 40.7 Å². The van der Waals surface area contributed by atoms with E-state index in [1.165, 1.54) is 9.80 Å². The predicted octanol–water partition coefficient (Wildman–Crippen LogP) is 2.43. The van der Waals surface area contributed by atoms with Crippen molar-refractivity contribution in [2.75, 3.05) is 31.6 Å². The highest BCUT2D eigenvalue weighted by molar-refractivity contribution is 9.10. The maximum atomic E-state index is 13.0. The Balaban J connectivity index is 1.40. The number of fused-ring (bicyclic) bond motifs is 2. The second-order valence-corrected chi connectivity index (χ2v) is 10.6. The largest absolute Gasteiger partial charge is 0.501 e. The van der Waals surface area contributed by atoms with Gasteiger partial charge in [-0.05, 0) is 42.5 Å². The summed E-state index contributed by atoms with van der Waals surface area (Å²) in [5, 5.41) is 2.70. The number of hydrogen-bond acceptors (Lipinski definition) is 6. The number of benzene rings is 2. The highest BCUT2D eigenvalue weighted by Gasteiger charge is 2.46. The minimum absolute atomic E-state index is 0.0125. The van der Waals surface area contributed by atoms with E-state index in [4.69, 9.17) is 4.74 Å². The Bertz CT molecular complexity index is 1300. The van der Waals surface area contributed by atoms with Gasteiger partial charge in [-0.25, -0.2) is 8.42 Å². The van der Waals surface area contributed by atoms with Crippen molar-refractivity contribution in [3.05, 3.63) is 52.5 Å². The Morgan fingerprint density at radius 3 is 2.46 bits per heavy atom. The zero-order valence-corrected chi connectivity index (χ0v) is 20.1. The van der Waals surface area contributed by atoms with E-state index in [-0.39, 0.29) is 31.3 Å². The first kappa shape index (κ1) is 25.0. The zero-order chi connectivity index (χ0) is 25.5. The van der Waals surface area contributed by atoms with Gasteiger partial charge in [-0.3, -0.25) is 14.4 Å². The van der Waals surface area contributed by atoms with Crippen LogP contribution < -0.4 is 10.1 Å². The van der Waals surface area contributed by atoms with E-state index in [9.17, 15) is 36.0 Å². The molecular weight excluding hydrogens is 559 g/mol. The molecule has 0 aliphatic carbocycles. The molecule has 1 fully saturated rings. The molecule has 2 aromatic rings. The SMILES string of the molecule is O=C1Nc2ccc(Br)cc2C(=O)N2CCN(C(=O)COc3ccc(S(=O)(=O)C(F)(F)F)cc3)CC12. The monoisotopic (exact) mass is 575 g/mol. The molecule has 2 aromatic carbocycles. The normalized spacial score (nSPS) is 18.3. The highest BCUT2D eigenvalue weighted by Crippen LogP contribution is 2.31. The van der Waals surface area contributed by atoms with Crippen LogP contribution in [-0.4, -0.2) is 73.7 Å². The number of alkyl halides is 3. The molecule has 2 heterocycles. The lowest BCUT2D eigenvalue weighted by atomic mass is 10.1. The average molecular weight is 576 g/mol. The van der Waals surface area contributed by atoms with Crippen molar-refractivity contribution in [3.8, 4) is 5.75 Å². The molecule has 1 N–H and O–H groups in total. The number of nitrogens with one attached hydrogen (secondary N) is 1. The van der Waals surface area contributed by atoms with Gasteiger partial charge < -0.3 is 19.9 Å². The molecule has 14 heteroatoms. The Kier molecular flexibility index (Phi) is 6.53. The molecule has 4 rings (SSSR count). The summed E-state index contributed by atoms with van der Waals surface area (Å²) < 4.78 is 66.8. The molecule has 1 unspecified atom stereocenters. The van der Waals surface area contributed by atoms with Crippen molar-refractivity contribution in [1.29, 1.82) is 0 Å². The summed E-state index contributed by atoms with van der Waals surface area (Å²) >= 11 is 3.30. The Labute approximate surface area is 205 Å². The zero-order valence-electron chi connectivity index (χ0n) is 17.7. The quantitative estimate of drug-likeness (QED) is 0.599. The fourth-order valence-electron chi connectivity index (χ4n) is 3.74. The van der Waals surface area contributed by atoms with Gasteiger partial charge in [0, 0.05) is 17.6 Å². The standard InChI is InChI=1S/C21H17BrF3N3O6S/c22-12-1-6-16-15(9-12)20(31)28-8-7-27(10-17(28)19(30)26-16)18(29)11-34-13-2-4-14(5-3-13)35(32,33)21(23,24)25/h1-6,9,17H,7-8,10-11H2,(H,26,30). The first-order valence-corrected chi connectivity index (χ1v) is 12.4. The van der Waals surface area contributed by atoms with Crippen molar-refractivity contribution in [2.45, 2.75) is 16.4 Å². The molecule has 3 amide bonds. The lowest BCUT2D eigenvalue weighted by Crippen LogP contribution is -2.60. The van der Waals surface area contributed by atoms with Crippen LogP contribution in [-0.2, 0) is 19.4 Å². The minimum atomic E-state index is -5.49. The van der Waals surface area contributed by atoms with Crippen molar-refractivity contribution in [1.82, 2.24) is 9.80 Å². The second-order valence-electron chi connectivity index (χ2n) is 7.74. The van der Waals surface area contributed by atoms with Crippen molar-refractivity contribution in [3.63, 3.8) is 0 Å². The number of rotatable bonds is 4. The number of halogens is 4. The van der Waals surface area contributed by atoms with Gasteiger partial charge in [-0.2, -0.15) is 13.2 Å². The molecule has 0 radical (unpaired) electrons. The maximum Gasteiger partial charge on any atom is 0.501 e. The fraction of sp³-hybridized carbons (Fsp3) is 0.286. The first-order valence-electron chi connectivity index (χ1n) is 10.1. The summed E-state index contributed by atoms with van der Waals surface area (Å²) in [5.41, 5.74) is -4.74. The van der Waals surface area contributed by atoms with Crippen LogP contribution in [0.3, 0.4) is 0 Å². The number of sulfone groups is 1. The van der Waals surface area contributed by atoms with Crippen molar-refractivity contribution in [2.24, 2.45) is 0 Å². The second kappa shape index (κ2) is 9.15. The number of amides is 3. The van der Waals surface area contributed by atoms with Gasteiger partial charge in [-0.1, -0.05) is 15.9 Å². The van der Waals surface area contributed by atoms with Gasteiger partial charge in [0.1, 0.15) is 11.8 Å². The fourth-order valence-corrected chi connectivity index (χ4v) is 4.86. The molecule has 0 aromatic heterocycles. The number of anilines is 1. The Morgan fingerprint density at radius 2 is 1.80 bits per heavy atom. The summed E-state index contributed by atoms with van der Waals surface area (Å²) in [6, 6.07) is 7.48. The number of carbonyl (C=O) groups excluding carboxylic acids is 3. The lowest BCUT2D eigenvalue weighted by molar-refractivity contribution is -0.137. The summed E-state index contributed by atoms with van der Waals surface area (Å²) in [5.74, 6) is -1.32. The van der Waals surface area contributed by atoms with E-state index in [0.717, 1.165) is 24.3 Å². The molecule has 0 saturated carbocycles. The molecule has 1 atom stereocenters. The minimum Gasteiger partial charge on any atom is -0.484 e. The van der Waals surface area contributed by atoms with Crippen LogP contribution in [0.5, 0.6) is 5.75 Å². The summed E-state index contributed by atoms with van der Waals surface area (Å²) in [6.07, 6.45) is 0. The van der Waals surface area contributed by atoms with E-state index in [1.54, 1.807) is 18.2 Å². The lowest BCUT2D eigenvalue weighted by Gasteiger charge is -2.39. The summed E-state index contributed by atoms with van der Waals surface area (Å²) in [4.78, 5) is 40.2. The first-order chi connectivity index (χ1) is 16.4. The van der Waals surface area contributed by atoms with Crippen LogP contribution in [0.4, 0.5) is 18.9 Å². The van der Waals surface area contributed by atoms with Crippen molar-refractivity contribution >= 4 is 49.2 Å². The van der Waals surface area contributed by atoms with Gasteiger partial charge in [0.2, 0.25) is 5.91 Å². The Morgan fingerprint density at radius 1 is 1.11 bits per heavy atom. The van der Waals surface area contributed by atoms with Gasteiger partial charge >= 0.3 is 5.51 Å². The summed E-state index contributed by atoms with van der Waals surface area (Å²) in [6.45, 7) is -0.319. The number of nitrogens with zero attached hydrogens (tertiary/aromatic N) is 2. The van der Waals surface area contributed by atoms with Gasteiger partial charge in [-0.15, -0.1) is 0 Å². The van der Waals surface area contributed by atoms with Crippen LogP contribution in [0.15, 0.2) is 51.8 Å². The third-order valence-corrected chi connectivity index (χ3v) is 7.56. The average Bonchev–Trinajstić information content (AvgIpc) is 2.91. The molecule has 1 saturated heterocycles. The van der Waals surface area contributed by atoms with E-state index in [1.807, 2.05) is 0 Å². The van der Waals surface area contributed by atoms with E-state index in [0.29, 0.717) is 15.7 Å². The van der Waals surface area contributed by atoms with E-state index >= 15 is 0 Å². The van der Waals surface area contributed by atoms with Crippen LogP contribution in [0.1, 0.15) is 10.4 Å². The molecule has 0 spiro atoms. The van der Waals surface area contributed by atoms with Gasteiger partial charge in [0.15, 0.2) is 6.61 Å². The van der Waals surface area contributed by atoms with Gasteiger partial charge in [0.05, 0.1) is 22.7 Å². The third kappa shape index (κ3) is 4.85. The molecular formula is C21H17BrF3N3O6S. The Hall–Kier alpha value is -3.13. The molecule has 9 nitrogen and oxygen atoms in total. The molecule has 35 heavy (non-hydrogen) atoms. The van der Waals surface area contributed by atoms with E-state index < -0.39 is 44.7 Å². The van der Waals surface area contributed by atoms with Crippen LogP contribution in [0, 0.1) is 0 Å². The van der Waals surface area contributed by atoms with Crippen LogP contribution in [0.25, 0.3) is 0 Å². The molecule has 2 aliphatic rings. The predicted molar refractivity (Wildman–Crippen MR) is 119 cm³/mol. The van der Waals surface area contributed by atoms with Crippen LogP contribution >= 0.6 is 15.9 Å². The highest BCUT2D eigenvalue weighted by atomic mass is 79.9. The number of piperazine rings is 1. The summed E-state index contributed by atoms with van der Waals surface area (Å²) in [7, 11) is -5.49. The number of ether oxygens (including phenoxy) is 1. The number of hydrogen-bond donors (Lipinski definition) is 1. The maximum absolute atomic E-state index is 13.0. The van der Waals surface area contributed by atoms with Gasteiger partial charge in [0.25, 0.3) is 21.7 Å². The van der Waals surface area contributed by atoms with Crippen LogP contribution in [0.2, 0.25) is 0 Å². The molecule has 0 bridgehead atoms. The smallest absolute Gasteiger partial charge is 0.484 e. The topological polar surface area (TPSA) is 113 Å². The number of carbonyl (C=O) groups is 3. The molecule has 2 aliphatic heterocycles. The van der Waals surface area contributed by atoms with E-state index in [2.05, 4.69) is 21.2 Å². The third-order valence-electron chi connectivity index (χ3n) is 5.57.